The minimum absolute atomic E-state index is 0.0639. The Morgan fingerprint density at radius 3 is 2.89 bits per heavy atom. The van der Waals surface area contributed by atoms with Crippen LogP contribution in [-0.4, -0.2) is 37.9 Å². The van der Waals surface area contributed by atoms with Gasteiger partial charge in [-0.2, -0.15) is 0 Å². The van der Waals surface area contributed by atoms with Crippen LogP contribution in [-0.2, 0) is 6.42 Å². The molecule has 0 radical (unpaired) electrons. The number of Topliss-reactive ketones (excluding diaryl/α,β-unsaturated/α-hetero) is 1. The highest BCUT2D eigenvalue weighted by molar-refractivity contribution is 5.98. The van der Waals surface area contributed by atoms with Crippen molar-refractivity contribution in [2.24, 2.45) is 0 Å². The summed E-state index contributed by atoms with van der Waals surface area (Å²) in [4.78, 5) is 13.7. The van der Waals surface area contributed by atoms with Gasteiger partial charge in [0, 0.05) is 5.56 Å². The van der Waals surface area contributed by atoms with E-state index in [1.54, 1.807) is 11.0 Å². The van der Waals surface area contributed by atoms with Crippen molar-refractivity contribution in [2.75, 3.05) is 27.2 Å². The van der Waals surface area contributed by atoms with Gasteiger partial charge in [0.1, 0.15) is 0 Å². The van der Waals surface area contributed by atoms with E-state index < -0.39 is 5.82 Å². The molecule has 0 aromatic heterocycles. The topological polar surface area (TPSA) is 29.5 Å². The van der Waals surface area contributed by atoms with Gasteiger partial charge in [-0.3, -0.25) is 4.79 Å². The minimum Gasteiger partial charge on any atom is -0.490 e. The summed E-state index contributed by atoms with van der Waals surface area (Å²) >= 11 is 0. The summed E-state index contributed by atoms with van der Waals surface area (Å²) in [5, 5.41) is 0. The van der Waals surface area contributed by atoms with Gasteiger partial charge in [-0.15, -0.1) is 0 Å². The molecular weight excluding hydrogens is 233 g/mol. The third kappa shape index (κ3) is 2.88. The molecule has 0 aliphatic carbocycles. The second kappa shape index (κ2) is 5.48. The summed E-state index contributed by atoms with van der Waals surface area (Å²) in [5.74, 6) is -0.156. The Labute approximate surface area is 107 Å². The van der Waals surface area contributed by atoms with Gasteiger partial charge in [0.05, 0.1) is 13.2 Å². The van der Waals surface area contributed by atoms with Crippen LogP contribution < -0.4 is 4.74 Å². The van der Waals surface area contributed by atoms with E-state index in [1.807, 2.05) is 14.1 Å². The molecular formula is C14H18FNO2. The lowest BCUT2D eigenvalue weighted by molar-refractivity contribution is 0.0957. The van der Waals surface area contributed by atoms with Gasteiger partial charge < -0.3 is 9.64 Å². The molecule has 0 spiro atoms. The average Bonchev–Trinajstić information content (AvgIpc) is 2.53. The van der Waals surface area contributed by atoms with Crippen molar-refractivity contribution in [1.29, 1.82) is 0 Å². The maximum absolute atomic E-state index is 13.9. The first kappa shape index (κ1) is 13.0. The highest BCUT2D eigenvalue weighted by Crippen LogP contribution is 2.29. The number of hydrogen-bond donors (Lipinski definition) is 0. The van der Waals surface area contributed by atoms with Crippen LogP contribution in [0.5, 0.6) is 5.75 Å². The van der Waals surface area contributed by atoms with Crippen LogP contribution in [0, 0.1) is 5.82 Å². The number of rotatable bonds is 3. The molecule has 0 fully saturated rings. The van der Waals surface area contributed by atoms with Gasteiger partial charge in [-0.25, -0.2) is 4.39 Å². The largest absolute Gasteiger partial charge is 0.490 e. The lowest BCUT2D eigenvalue weighted by Gasteiger charge is -2.12. The number of ether oxygens (including phenoxy) is 1. The third-order valence-corrected chi connectivity index (χ3v) is 2.99. The molecule has 1 aliphatic rings. The molecule has 4 heteroatoms. The number of fused-ring (bicyclic) bond motifs is 1. The predicted molar refractivity (Wildman–Crippen MR) is 67.7 cm³/mol. The molecule has 18 heavy (non-hydrogen) atoms. The number of likely N-dealkylation sites (N-methyl/N-ethyl adjacent to an activating group) is 1. The highest BCUT2D eigenvalue weighted by atomic mass is 19.1. The zero-order chi connectivity index (χ0) is 13.1. The van der Waals surface area contributed by atoms with Gasteiger partial charge in [0.2, 0.25) is 0 Å². The van der Waals surface area contributed by atoms with E-state index in [4.69, 9.17) is 4.74 Å². The molecule has 1 aromatic rings. The van der Waals surface area contributed by atoms with E-state index in [1.165, 1.54) is 6.07 Å². The van der Waals surface area contributed by atoms with Crippen LogP contribution in [0.3, 0.4) is 0 Å². The van der Waals surface area contributed by atoms with Crippen LogP contribution in [0.25, 0.3) is 0 Å². The fourth-order valence-corrected chi connectivity index (χ4v) is 2.13. The molecule has 98 valence electrons. The van der Waals surface area contributed by atoms with Crippen molar-refractivity contribution in [2.45, 2.75) is 19.3 Å². The molecule has 1 aromatic carbocycles. The number of halogens is 1. The first-order chi connectivity index (χ1) is 8.58. The Bertz CT molecular complexity index is 457. The summed E-state index contributed by atoms with van der Waals surface area (Å²) in [6, 6.07) is 3.06. The van der Waals surface area contributed by atoms with Crippen molar-refractivity contribution in [3.63, 3.8) is 0 Å². The van der Waals surface area contributed by atoms with Crippen LogP contribution in [0.1, 0.15) is 28.8 Å². The number of aryl methyl sites for hydroxylation is 1. The molecule has 0 bridgehead atoms. The fourth-order valence-electron chi connectivity index (χ4n) is 2.13. The smallest absolute Gasteiger partial charge is 0.176 e. The monoisotopic (exact) mass is 251 g/mol. The molecule has 1 aliphatic heterocycles. The van der Waals surface area contributed by atoms with E-state index in [9.17, 15) is 9.18 Å². The molecule has 0 unspecified atom stereocenters. The number of carbonyl (C=O) groups excluding carboxylic acids is 1. The van der Waals surface area contributed by atoms with Crippen molar-refractivity contribution in [3.8, 4) is 5.75 Å². The van der Waals surface area contributed by atoms with E-state index in [-0.39, 0.29) is 5.78 Å². The van der Waals surface area contributed by atoms with E-state index >= 15 is 0 Å². The zero-order valence-corrected chi connectivity index (χ0v) is 10.8. The predicted octanol–water partition coefficient (Wildman–Crippen LogP) is 2.29. The van der Waals surface area contributed by atoms with Gasteiger partial charge in [-0.1, -0.05) is 0 Å². The molecule has 0 saturated carbocycles. The Morgan fingerprint density at radius 2 is 2.17 bits per heavy atom. The molecule has 1 heterocycles. The summed E-state index contributed by atoms with van der Waals surface area (Å²) in [7, 11) is 3.64. The summed E-state index contributed by atoms with van der Waals surface area (Å²) in [5.41, 5.74) is 1.25. The van der Waals surface area contributed by atoms with Crippen molar-refractivity contribution >= 4 is 5.78 Å². The maximum atomic E-state index is 13.9. The minimum atomic E-state index is -0.420. The van der Waals surface area contributed by atoms with Crippen LogP contribution in [0.4, 0.5) is 4.39 Å². The lowest BCUT2D eigenvalue weighted by Crippen LogP contribution is -2.22. The number of hydrogen-bond acceptors (Lipinski definition) is 3. The summed E-state index contributed by atoms with van der Waals surface area (Å²) < 4.78 is 19.3. The van der Waals surface area contributed by atoms with Crippen LogP contribution >= 0.6 is 0 Å². The molecule has 0 saturated heterocycles. The normalized spacial score (nSPS) is 14.9. The first-order valence-electron chi connectivity index (χ1n) is 6.21. The third-order valence-electron chi connectivity index (χ3n) is 2.99. The Kier molecular flexibility index (Phi) is 3.97. The van der Waals surface area contributed by atoms with Crippen molar-refractivity contribution < 1.29 is 13.9 Å². The van der Waals surface area contributed by atoms with E-state index in [0.29, 0.717) is 24.5 Å². The number of nitrogens with zero attached hydrogens (tertiary/aromatic N) is 1. The number of benzene rings is 1. The Balaban J connectivity index is 2.31. The first-order valence-corrected chi connectivity index (χ1v) is 6.21. The highest BCUT2D eigenvalue weighted by Gasteiger charge is 2.18. The quantitative estimate of drug-likeness (QED) is 0.772. The van der Waals surface area contributed by atoms with E-state index in [2.05, 4.69) is 0 Å². The molecule has 3 nitrogen and oxygen atoms in total. The molecule has 0 amide bonds. The van der Waals surface area contributed by atoms with Crippen LogP contribution in [0.2, 0.25) is 0 Å². The standard InChI is InChI=1S/C14H18FNO2/c1-16(2)9-13(17)11-7-10-5-3-4-6-18-14(10)12(15)8-11/h7-8H,3-6,9H2,1-2H3. The number of ketones is 1. The molecule has 0 atom stereocenters. The fraction of sp³-hybridized carbons (Fsp3) is 0.500. The second-order valence-electron chi connectivity index (χ2n) is 4.91. The summed E-state index contributed by atoms with van der Waals surface area (Å²) in [6.45, 7) is 0.841. The van der Waals surface area contributed by atoms with Crippen molar-refractivity contribution in [3.05, 3.63) is 29.1 Å². The molecule has 2 rings (SSSR count). The SMILES string of the molecule is CN(C)CC(=O)c1cc(F)c2c(c1)CCCCO2. The zero-order valence-electron chi connectivity index (χ0n) is 10.8. The lowest BCUT2D eigenvalue weighted by atomic mass is 10.0. The van der Waals surface area contributed by atoms with E-state index in [0.717, 1.165) is 24.8 Å². The number of carbonyl (C=O) groups is 1. The van der Waals surface area contributed by atoms with Gasteiger partial charge >= 0.3 is 0 Å². The second-order valence-corrected chi connectivity index (χ2v) is 4.91. The van der Waals surface area contributed by atoms with Gasteiger partial charge in [0.15, 0.2) is 17.3 Å². The molecule has 0 N–H and O–H groups in total. The van der Waals surface area contributed by atoms with Crippen LogP contribution in [0.15, 0.2) is 12.1 Å². The average molecular weight is 251 g/mol. The van der Waals surface area contributed by atoms with Gasteiger partial charge in [0.25, 0.3) is 0 Å². The summed E-state index contributed by atoms with van der Waals surface area (Å²) in [6.07, 6.45) is 2.67. The Hall–Kier alpha value is -1.42. The van der Waals surface area contributed by atoms with Crippen molar-refractivity contribution in [1.82, 2.24) is 4.90 Å². The Morgan fingerprint density at radius 1 is 1.39 bits per heavy atom. The maximum Gasteiger partial charge on any atom is 0.176 e. The van der Waals surface area contributed by atoms with Gasteiger partial charge in [-0.05, 0) is 51.1 Å².